The number of guanidine groups is 1. The van der Waals surface area contributed by atoms with Gasteiger partial charge in [-0.05, 0) is 51.6 Å². The Labute approximate surface area is 214 Å². The molecule has 1 fully saturated rings. The van der Waals surface area contributed by atoms with Gasteiger partial charge in [-0.25, -0.2) is 4.98 Å². The molecule has 0 aliphatic carbocycles. The highest BCUT2D eigenvalue weighted by molar-refractivity contribution is 14.0. The molecular weight excluding hydrogens is 533 g/mol. The van der Waals surface area contributed by atoms with Gasteiger partial charge in [-0.15, -0.1) is 35.3 Å². The summed E-state index contributed by atoms with van der Waals surface area (Å²) in [5, 5.41) is 11.5. The predicted molar refractivity (Wildman–Crippen MR) is 145 cm³/mol. The van der Waals surface area contributed by atoms with Crippen molar-refractivity contribution in [2.24, 2.45) is 18.0 Å². The normalized spacial score (nSPS) is 15.8. The number of aliphatic imine (C=N–C) groups is 1. The van der Waals surface area contributed by atoms with E-state index in [1.807, 2.05) is 11.7 Å². The third-order valence-corrected chi connectivity index (χ3v) is 6.67. The minimum absolute atomic E-state index is 0. The van der Waals surface area contributed by atoms with Crippen LogP contribution < -0.4 is 5.32 Å². The maximum atomic E-state index is 5.00. The van der Waals surface area contributed by atoms with Gasteiger partial charge >= 0.3 is 0 Å². The van der Waals surface area contributed by atoms with E-state index in [0.717, 1.165) is 50.2 Å². The zero-order valence-corrected chi connectivity index (χ0v) is 23.6. The zero-order valence-electron chi connectivity index (χ0n) is 20.5. The third-order valence-electron chi connectivity index (χ3n) is 5.85. The first kappa shape index (κ1) is 27.0. The van der Waals surface area contributed by atoms with Crippen LogP contribution in [0.5, 0.6) is 0 Å². The molecule has 2 aromatic heterocycles. The van der Waals surface area contributed by atoms with Crippen molar-refractivity contribution in [1.29, 1.82) is 0 Å². The van der Waals surface area contributed by atoms with E-state index in [0.29, 0.717) is 11.8 Å². The van der Waals surface area contributed by atoms with E-state index in [1.165, 1.54) is 29.8 Å². The molecule has 9 heteroatoms. The molecule has 1 N–H and O–H groups in total. The van der Waals surface area contributed by atoms with E-state index < -0.39 is 0 Å². The van der Waals surface area contributed by atoms with Crippen molar-refractivity contribution in [2.75, 3.05) is 33.2 Å². The van der Waals surface area contributed by atoms with Crippen LogP contribution in [-0.2, 0) is 20.1 Å². The molecule has 0 saturated carbocycles. The molecule has 180 valence electrons. The lowest BCUT2D eigenvalue weighted by Crippen LogP contribution is -2.39. The van der Waals surface area contributed by atoms with Crippen molar-refractivity contribution in [1.82, 2.24) is 29.9 Å². The summed E-state index contributed by atoms with van der Waals surface area (Å²) in [6.07, 6.45) is 4.54. The monoisotopic (exact) mass is 573 g/mol. The number of hydrogen-bond acceptors (Lipinski definition) is 5. The second kappa shape index (κ2) is 12.9. The van der Waals surface area contributed by atoms with Gasteiger partial charge in [0.1, 0.15) is 0 Å². The number of nitrogens with one attached hydrogen (secondary N) is 1. The fourth-order valence-corrected chi connectivity index (χ4v) is 4.82. The number of likely N-dealkylation sites (tertiary alicyclic amines) is 1. The molecule has 0 bridgehead atoms. The quantitative estimate of drug-likeness (QED) is 0.291. The minimum atomic E-state index is 0. The molecule has 0 spiro atoms. The van der Waals surface area contributed by atoms with E-state index in [9.17, 15) is 0 Å². The maximum Gasteiger partial charge on any atom is 0.193 e. The van der Waals surface area contributed by atoms with Crippen LogP contribution in [0.15, 0.2) is 16.6 Å². The van der Waals surface area contributed by atoms with Crippen LogP contribution in [0.4, 0.5) is 0 Å². The van der Waals surface area contributed by atoms with Crippen molar-refractivity contribution >= 4 is 41.3 Å². The van der Waals surface area contributed by atoms with Crippen molar-refractivity contribution in [2.45, 2.75) is 59.5 Å². The molecule has 1 aliphatic heterocycles. The number of piperidine rings is 1. The van der Waals surface area contributed by atoms with E-state index in [1.54, 1.807) is 11.3 Å². The number of aromatic nitrogens is 3. The predicted octanol–water partition coefficient (Wildman–Crippen LogP) is 4.24. The summed E-state index contributed by atoms with van der Waals surface area (Å²) in [6.45, 7) is 14.4. The lowest BCUT2D eigenvalue weighted by atomic mass is 9.97. The van der Waals surface area contributed by atoms with Crippen molar-refractivity contribution in [3.8, 4) is 0 Å². The molecule has 3 rings (SSSR count). The van der Waals surface area contributed by atoms with Gasteiger partial charge in [-0.1, -0.05) is 13.8 Å². The van der Waals surface area contributed by atoms with Crippen LogP contribution in [0.1, 0.15) is 61.5 Å². The lowest BCUT2D eigenvalue weighted by Gasteiger charge is -2.31. The summed E-state index contributed by atoms with van der Waals surface area (Å²) in [4.78, 5) is 14.4. The Balaban J connectivity index is 0.00000363. The number of rotatable bonds is 8. The average molecular weight is 574 g/mol. The highest BCUT2D eigenvalue weighted by atomic mass is 127. The largest absolute Gasteiger partial charge is 0.357 e. The van der Waals surface area contributed by atoms with Crippen LogP contribution in [0, 0.1) is 12.8 Å². The Bertz CT molecular complexity index is 852. The Morgan fingerprint density at radius 3 is 2.66 bits per heavy atom. The molecule has 1 aliphatic rings. The molecule has 0 amide bonds. The fraction of sp³-hybridized carbons (Fsp3) is 0.696. The fourth-order valence-electron chi connectivity index (χ4n) is 4.22. The molecule has 0 aromatic carbocycles. The first-order valence-electron chi connectivity index (χ1n) is 11.5. The van der Waals surface area contributed by atoms with Crippen LogP contribution in [-0.4, -0.2) is 63.8 Å². The Morgan fingerprint density at radius 2 is 2.06 bits per heavy atom. The van der Waals surface area contributed by atoms with Gasteiger partial charge in [0.25, 0.3) is 0 Å². The van der Waals surface area contributed by atoms with Gasteiger partial charge in [0, 0.05) is 57.4 Å². The number of nitrogens with zero attached hydrogens (tertiary/aromatic N) is 6. The summed E-state index contributed by atoms with van der Waals surface area (Å²) in [5.41, 5.74) is 3.66. The standard InChI is InChI=1S/C23H39N7S.HI/c1-7-24-23(28(5)13-20-14-29(6)27-22(20)17(2)3)25-12-19-8-10-30(11-9-19)15-21-16-31-18(4)26-21;/h14,16-17,19H,7-13,15H2,1-6H3,(H,24,25);1H. The summed E-state index contributed by atoms with van der Waals surface area (Å²) in [6, 6.07) is 0. The van der Waals surface area contributed by atoms with E-state index in [-0.39, 0.29) is 24.0 Å². The average Bonchev–Trinajstić information content (AvgIpc) is 3.31. The summed E-state index contributed by atoms with van der Waals surface area (Å²) in [5.74, 6) is 2.06. The second-order valence-electron chi connectivity index (χ2n) is 9.00. The van der Waals surface area contributed by atoms with Crippen LogP contribution >= 0.6 is 35.3 Å². The van der Waals surface area contributed by atoms with Gasteiger partial charge in [0.05, 0.1) is 16.4 Å². The SMILES string of the molecule is CCNC(=NCC1CCN(Cc2csc(C)n2)CC1)N(C)Cc1cn(C)nc1C(C)C.I. The second-order valence-corrected chi connectivity index (χ2v) is 10.1. The summed E-state index contributed by atoms with van der Waals surface area (Å²) in [7, 11) is 4.12. The van der Waals surface area contributed by atoms with E-state index in [4.69, 9.17) is 4.99 Å². The molecular formula is C23H40IN7S. The van der Waals surface area contributed by atoms with Crippen molar-refractivity contribution in [3.05, 3.63) is 33.5 Å². The molecule has 32 heavy (non-hydrogen) atoms. The lowest BCUT2D eigenvalue weighted by molar-refractivity contribution is 0.179. The van der Waals surface area contributed by atoms with Crippen LogP contribution in [0.3, 0.4) is 0 Å². The Morgan fingerprint density at radius 1 is 1.34 bits per heavy atom. The van der Waals surface area contributed by atoms with Gasteiger partial charge in [-0.2, -0.15) is 5.10 Å². The number of aryl methyl sites for hydroxylation is 2. The maximum absolute atomic E-state index is 5.00. The molecule has 3 heterocycles. The molecule has 0 atom stereocenters. The smallest absolute Gasteiger partial charge is 0.193 e. The van der Waals surface area contributed by atoms with Gasteiger partial charge < -0.3 is 10.2 Å². The topological polar surface area (TPSA) is 61.6 Å². The van der Waals surface area contributed by atoms with Crippen LogP contribution in [0.25, 0.3) is 0 Å². The molecule has 0 unspecified atom stereocenters. The number of thiazole rings is 1. The van der Waals surface area contributed by atoms with E-state index >= 15 is 0 Å². The summed E-state index contributed by atoms with van der Waals surface area (Å²) < 4.78 is 1.92. The highest BCUT2D eigenvalue weighted by Crippen LogP contribution is 2.21. The first-order valence-corrected chi connectivity index (χ1v) is 12.4. The van der Waals surface area contributed by atoms with Crippen molar-refractivity contribution in [3.63, 3.8) is 0 Å². The Hall–Kier alpha value is -1.20. The number of halogens is 1. The Kier molecular flexibility index (Phi) is 10.9. The third kappa shape index (κ3) is 7.69. The van der Waals surface area contributed by atoms with Gasteiger partial charge in [-0.3, -0.25) is 14.6 Å². The minimum Gasteiger partial charge on any atom is -0.357 e. The van der Waals surface area contributed by atoms with Gasteiger partial charge in [0.2, 0.25) is 0 Å². The van der Waals surface area contributed by atoms with E-state index in [2.05, 4.69) is 71.5 Å². The molecule has 1 saturated heterocycles. The van der Waals surface area contributed by atoms with Crippen LogP contribution in [0.2, 0.25) is 0 Å². The summed E-state index contributed by atoms with van der Waals surface area (Å²) >= 11 is 1.74. The number of hydrogen-bond donors (Lipinski definition) is 1. The molecule has 7 nitrogen and oxygen atoms in total. The molecule has 0 radical (unpaired) electrons. The highest BCUT2D eigenvalue weighted by Gasteiger charge is 2.21. The van der Waals surface area contributed by atoms with Gasteiger partial charge in [0.15, 0.2) is 5.96 Å². The van der Waals surface area contributed by atoms with Crippen molar-refractivity contribution < 1.29 is 0 Å². The first-order chi connectivity index (χ1) is 14.9. The molecule has 2 aromatic rings. The zero-order chi connectivity index (χ0) is 22.4.